The van der Waals surface area contributed by atoms with E-state index in [0.29, 0.717) is 5.92 Å². The van der Waals surface area contributed by atoms with Gasteiger partial charge in [-0.25, -0.2) is 9.59 Å². The van der Waals surface area contributed by atoms with Gasteiger partial charge in [0.2, 0.25) is 0 Å². The Hall–Kier alpha value is -4.12. The van der Waals surface area contributed by atoms with Gasteiger partial charge < -0.3 is 15.2 Å². The number of carbonyl (C=O) groups is 2. The van der Waals surface area contributed by atoms with Crippen molar-refractivity contribution in [1.82, 2.24) is 5.32 Å². The Morgan fingerprint density at radius 1 is 0.861 bits per heavy atom. The van der Waals surface area contributed by atoms with Gasteiger partial charge in [0.05, 0.1) is 0 Å². The van der Waals surface area contributed by atoms with Crippen LogP contribution >= 0.6 is 0 Å². The molecule has 4 aromatic carbocycles. The number of rotatable bonds is 7. The summed E-state index contributed by atoms with van der Waals surface area (Å²) < 4.78 is 5.56. The summed E-state index contributed by atoms with van der Waals surface area (Å²) in [7, 11) is 0. The Morgan fingerprint density at radius 2 is 1.50 bits per heavy atom. The maximum absolute atomic E-state index is 12.7. The molecule has 1 atom stereocenters. The molecule has 2 aliphatic rings. The summed E-state index contributed by atoms with van der Waals surface area (Å²) in [6, 6.07) is 27.6. The lowest BCUT2D eigenvalue weighted by Crippen LogP contribution is -2.42. The summed E-state index contributed by atoms with van der Waals surface area (Å²) >= 11 is 0. The normalized spacial score (nSPS) is 15.2. The lowest BCUT2D eigenvalue weighted by Gasteiger charge is -2.18. The predicted molar refractivity (Wildman–Crippen MR) is 139 cm³/mol. The second-order valence-electron chi connectivity index (χ2n) is 9.78. The van der Waals surface area contributed by atoms with Crippen LogP contribution in [0.15, 0.2) is 84.9 Å². The van der Waals surface area contributed by atoms with Gasteiger partial charge in [-0.1, -0.05) is 84.9 Å². The molecule has 2 aliphatic carbocycles. The van der Waals surface area contributed by atoms with Gasteiger partial charge >= 0.3 is 12.1 Å². The number of amides is 1. The summed E-state index contributed by atoms with van der Waals surface area (Å²) in [6.45, 7) is 0.144. The standard InChI is InChI=1S/C31H27NO4/c33-30(34)29(16-19-9-10-23-17-22(20-11-12-20)14-13-21(23)15-19)32-31(35)36-18-28-26-7-3-1-5-24(26)25-6-2-4-8-27(25)28/h1-10,13-15,17,20,28-29H,11-12,16,18H2,(H,32,35)(H,33,34)/t29-/m0/s1. The highest BCUT2D eigenvalue weighted by Crippen LogP contribution is 2.44. The maximum Gasteiger partial charge on any atom is 0.407 e. The number of fused-ring (bicyclic) bond motifs is 4. The summed E-state index contributed by atoms with van der Waals surface area (Å²) in [5, 5.41) is 14.6. The van der Waals surface area contributed by atoms with E-state index in [2.05, 4.69) is 47.8 Å². The smallest absolute Gasteiger partial charge is 0.407 e. The van der Waals surface area contributed by atoms with E-state index >= 15 is 0 Å². The molecule has 0 saturated heterocycles. The van der Waals surface area contributed by atoms with E-state index in [1.54, 1.807) is 0 Å². The van der Waals surface area contributed by atoms with E-state index in [4.69, 9.17) is 4.74 Å². The van der Waals surface area contributed by atoms with Crippen molar-refractivity contribution in [2.45, 2.75) is 37.1 Å². The number of ether oxygens (including phenoxy) is 1. The lowest BCUT2D eigenvalue weighted by molar-refractivity contribution is -0.139. The zero-order chi connectivity index (χ0) is 24.6. The first kappa shape index (κ1) is 22.4. The molecule has 0 bridgehead atoms. The lowest BCUT2D eigenvalue weighted by atomic mass is 9.98. The molecule has 0 heterocycles. The Morgan fingerprint density at radius 3 is 2.17 bits per heavy atom. The molecular weight excluding hydrogens is 450 g/mol. The van der Waals surface area contributed by atoms with Crippen LogP contribution in [0.1, 0.15) is 46.9 Å². The van der Waals surface area contributed by atoms with E-state index in [0.717, 1.165) is 38.6 Å². The van der Waals surface area contributed by atoms with Crippen molar-refractivity contribution in [1.29, 1.82) is 0 Å². The van der Waals surface area contributed by atoms with E-state index in [1.807, 2.05) is 42.5 Å². The maximum atomic E-state index is 12.7. The molecule has 5 nitrogen and oxygen atoms in total. The zero-order valence-corrected chi connectivity index (χ0v) is 19.8. The van der Waals surface area contributed by atoms with Crippen molar-refractivity contribution >= 4 is 22.8 Å². The van der Waals surface area contributed by atoms with Gasteiger partial charge in [-0.15, -0.1) is 0 Å². The Labute approximate surface area is 209 Å². The monoisotopic (exact) mass is 477 g/mol. The number of hydrogen-bond donors (Lipinski definition) is 2. The third-order valence-corrected chi connectivity index (χ3v) is 7.35. The molecule has 1 amide bonds. The average Bonchev–Trinajstić information content (AvgIpc) is 3.70. The first-order chi connectivity index (χ1) is 17.6. The Kier molecular flexibility index (Phi) is 5.68. The van der Waals surface area contributed by atoms with Gasteiger partial charge in [-0.05, 0) is 62.9 Å². The molecule has 0 aromatic heterocycles. The van der Waals surface area contributed by atoms with Gasteiger partial charge in [0.1, 0.15) is 12.6 Å². The highest BCUT2D eigenvalue weighted by Gasteiger charge is 2.30. The van der Waals surface area contributed by atoms with Crippen LogP contribution in [0.5, 0.6) is 0 Å². The van der Waals surface area contributed by atoms with Gasteiger partial charge in [-0.3, -0.25) is 0 Å². The van der Waals surface area contributed by atoms with E-state index in [1.165, 1.54) is 18.4 Å². The van der Waals surface area contributed by atoms with Gasteiger partial charge in [0.25, 0.3) is 0 Å². The number of nitrogens with one attached hydrogen (secondary N) is 1. The summed E-state index contributed by atoms with van der Waals surface area (Å²) in [4.78, 5) is 24.6. The third kappa shape index (κ3) is 4.33. The first-order valence-corrected chi connectivity index (χ1v) is 12.4. The topological polar surface area (TPSA) is 75.6 Å². The fraction of sp³-hybridized carbons (Fsp3) is 0.226. The van der Waals surface area contributed by atoms with Crippen LogP contribution in [0.2, 0.25) is 0 Å². The van der Waals surface area contributed by atoms with E-state index in [-0.39, 0.29) is 18.9 Å². The number of carboxylic acid groups (broad SMARTS) is 1. The third-order valence-electron chi connectivity index (χ3n) is 7.35. The Balaban J connectivity index is 1.13. The molecule has 4 aromatic rings. The molecule has 0 spiro atoms. The predicted octanol–water partition coefficient (Wildman–Crippen LogP) is 6.25. The zero-order valence-electron chi connectivity index (χ0n) is 19.8. The van der Waals surface area contributed by atoms with Crippen molar-refractivity contribution in [2.75, 3.05) is 6.61 Å². The van der Waals surface area contributed by atoms with Crippen molar-refractivity contribution in [3.8, 4) is 11.1 Å². The summed E-state index contributed by atoms with van der Waals surface area (Å²) in [5.41, 5.74) is 6.74. The average molecular weight is 478 g/mol. The molecule has 0 unspecified atom stereocenters. The van der Waals surface area contributed by atoms with E-state index in [9.17, 15) is 14.7 Å². The number of carbonyl (C=O) groups excluding carboxylic acids is 1. The van der Waals surface area contributed by atoms with Gasteiger partial charge in [0.15, 0.2) is 0 Å². The largest absolute Gasteiger partial charge is 0.480 e. The minimum atomic E-state index is -1.09. The van der Waals surface area contributed by atoms with Crippen molar-refractivity contribution < 1.29 is 19.4 Å². The van der Waals surface area contributed by atoms with Crippen LogP contribution in [-0.4, -0.2) is 29.8 Å². The molecule has 1 fully saturated rings. The minimum Gasteiger partial charge on any atom is -0.480 e. The molecule has 36 heavy (non-hydrogen) atoms. The minimum absolute atomic E-state index is 0.0764. The molecule has 2 N–H and O–H groups in total. The second kappa shape index (κ2) is 9.15. The molecule has 5 heteroatoms. The number of benzene rings is 4. The quantitative estimate of drug-likeness (QED) is 0.330. The number of hydrogen-bond acceptors (Lipinski definition) is 3. The first-order valence-electron chi connectivity index (χ1n) is 12.4. The molecule has 0 radical (unpaired) electrons. The van der Waals surface area contributed by atoms with Crippen LogP contribution in [0.25, 0.3) is 21.9 Å². The van der Waals surface area contributed by atoms with Crippen LogP contribution in [-0.2, 0) is 16.0 Å². The molecule has 180 valence electrons. The number of carboxylic acids is 1. The Bertz CT molecular complexity index is 1430. The van der Waals surface area contributed by atoms with Gasteiger partial charge in [-0.2, -0.15) is 0 Å². The SMILES string of the molecule is O=C(N[C@@H](Cc1ccc2cc(C3CC3)ccc2c1)C(=O)O)OCC1c2ccccc2-c2ccccc21. The van der Waals surface area contributed by atoms with Crippen molar-refractivity contribution in [2.24, 2.45) is 0 Å². The summed E-state index contributed by atoms with van der Waals surface area (Å²) in [6.07, 6.45) is 1.97. The van der Waals surface area contributed by atoms with E-state index < -0.39 is 18.1 Å². The molecule has 1 saturated carbocycles. The van der Waals surface area contributed by atoms with Crippen LogP contribution in [0.4, 0.5) is 4.79 Å². The molecule has 0 aliphatic heterocycles. The molecular formula is C31H27NO4. The van der Waals surface area contributed by atoms with Crippen molar-refractivity contribution in [3.63, 3.8) is 0 Å². The van der Waals surface area contributed by atoms with Crippen LogP contribution < -0.4 is 5.32 Å². The van der Waals surface area contributed by atoms with Crippen LogP contribution in [0.3, 0.4) is 0 Å². The van der Waals surface area contributed by atoms with Crippen LogP contribution in [0, 0.1) is 0 Å². The van der Waals surface area contributed by atoms with Gasteiger partial charge in [0, 0.05) is 12.3 Å². The number of alkyl carbamates (subject to hydrolysis) is 1. The van der Waals surface area contributed by atoms with Crippen molar-refractivity contribution in [3.05, 3.63) is 107 Å². The second-order valence-corrected chi connectivity index (χ2v) is 9.78. The fourth-order valence-electron chi connectivity index (χ4n) is 5.33. The molecule has 6 rings (SSSR count). The fourth-order valence-corrected chi connectivity index (χ4v) is 5.33. The highest BCUT2D eigenvalue weighted by atomic mass is 16.5. The number of aliphatic carboxylic acids is 1. The highest BCUT2D eigenvalue weighted by molar-refractivity contribution is 5.85. The summed E-state index contributed by atoms with van der Waals surface area (Å²) in [5.74, 6) is -0.480.